The maximum atomic E-state index is 13.7. The number of fused-ring (bicyclic) bond motifs is 4. The second kappa shape index (κ2) is 8.63. The van der Waals surface area contributed by atoms with Crippen molar-refractivity contribution in [3.05, 3.63) is 0 Å². The summed E-state index contributed by atoms with van der Waals surface area (Å²) in [5.41, 5.74) is -7.38. The minimum atomic E-state index is -2.00. The van der Waals surface area contributed by atoms with Crippen molar-refractivity contribution in [1.29, 1.82) is 0 Å². The second-order valence-electron chi connectivity index (χ2n) is 13.6. The van der Waals surface area contributed by atoms with E-state index in [9.17, 15) is 39.3 Å². The molecule has 3 N–H and O–H groups in total. The first-order chi connectivity index (χ1) is 18.7. The zero-order chi connectivity index (χ0) is 30.7. The summed E-state index contributed by atoms with van der Waals surface area (Å²) in [5, 5.41) is 33.2. The molecule has 5 fully saturated rings. The Bertz CT molecular complexity index is 1230. The lowest BCUT2D eigenvalue weighted by Crippen LogP contribution is -2.68. The summed E-state index contributed by atoms with van der Waals surface area (Å²) < 4.78 is 27.4. The van der Waals surface area contributed by atoms with Gasteiger partial charge < -0.3 is 39.0 Å². The van der Waals surface area contributed by atoms with Crippen LogP contribution in [0.2, 0.25) is 0 Å². The molecule has 2 saturated heterocycles. The summed E-state index contributed by atoms with van der Waals surface area (Å²) in [4.78, 5) is 64.5. The zero-order valence-corrected chi connectivity index (χ0v) is 24.2. The van der Waals surface area contributed by atoms with Crippen LogP contribution in [-0.4, -0.2) is 93.0 Å². The van der Waals surface area contributed by atoms with Crippen LogP contribution in [0.5, 0.6) is 0 Å². The van der Waals surface area contributed by atoms with Crippen molar-refractivity contribution in [2.75, 3.05) is 0 Å². The Morgan fingerprint density at radius 3 is 1.34 bits per heavy atom. The molecule has 2 heterocycles. The molecule has 3 aliphatic carbocycles. The number of hydrogen-bond donors (Lipinski definition) is 3. The van der Waals surface area contributed by atoms with Crippen molar-refractivity contribution < 1.29 is 63.0 Å². The first-order valence-corrected chi connectivity index (χ1v) is 13.8. The van der Waals surface area contributed by atoms with E-state index in [0.717, 1.165) is 6.92 Å². The fourth-order valence-electron chi connectivity index (χ4n) is 7.61. The van der Waals surface area contributed by atoms with E-state index in [2.05, 4.69) is 0 Å². The highest BCUT2D eigenvalue weighted by Gasteiger charge is 2.78. The molecule has 2 aliphatic heterocycles. The predicted octanol–water partition coefficient (Wildman–Crippen LogP) is 0.0818. The highest BCUT2D eigenvalue weighted by atomic mass is 16.7. The molecule has 4 bridgehead atoms. The third-order valence-corrected chi connectivity index (χ3v) is 11.6. The van der Waals surface area contributed by atoms with E-state index in [1.54, 1.807) is 41.5 Å². The molecule has 0 radical (unpaired) electrons. The number of ether oxygens (including phenoxy) is 5. The predicted molar refractivity (Wildman–Crippen MR) is 133 cm³/mol. The Labute approximate surface area is 236 Å². The number of aliphatic hydroxyl groups is 3. The maximum absolute atomic E-state index is 13.7. The summed E-state index contributed by atoms with van der Waals surface area (Å²) >= 11 is 0. The molecule has 10 atom stereocenters. The summed E-state index contributed by atoms with van der Waals surface area (Å²) in [6, 6.07) is 0. The Hall–Kier alpha value is -2.77. The molecule has 5 aliphatic rings. The van der Waals surface area contributed by atoms with Crippen molar-refractivity contribution in [3.63, 3.8) is 0 Å². The van der Waals surface area contributed by atoms with E-state index in [0.29, 0.717) is 12.8 Å². The topological polar surface area (TPSA) is 192 Å². The quantitative estimate of drug-likeness (QED) is 0.292. The van der Waals surface area contributed by atoms with Crippen molar-refractivity contribution in [2.45, 2.75) is 122 Å². The van der Waals surface area contributed by atoms with Crippen LogP contribution in [-0.2, 0) is 47.7 Å². The molecular weight excluding hydrogens is 544 g/mol. The van der Waals surface area contributed by atoms with E-state index in [1.165, 1.54) is 0 Å². The van der Waals surface area contributed by atoms with E-state index < -0.39 is 99.3 Å². The van der Waals surface area contributed by atoms with Crippen molar-refractivity contribution >= 4 is 29.8 Å². The number of rotatable bonds is 5. The third kappa shape index (κ3) is 3.36. The van der Waals surface area contributed by atoms with E-state index in [4.69, 9.17) is 23.7 Å². The van der Waals surface area contributed by atoms with Crippen LogP contribution >= 0.6 is 0 Å². The van der Waals surface area contributed by atoms with Gasteiger partial charge in [-0.1, -0.05) is 27.7 Å². The van der Waals surface area contributed by atoms with Crippen molar-refractivity contribution in [3.8, 4) is 0 Å². The minimum absolute atomic E-state index is 0.132. The lowest BCUT2D eigenvalue weighted by molar-refractivity contribution is -0.257. The number of carbonyl (C=O) groups excluding carboxylic acids is 5. The summed E-state index contributed by atoms with van der Waals surface area (Å²) in [5.74, 6) is -4.14. The summed E-state index contributed by atoms with van der Waals surface area (Å²) in [6.45, 7) is 11.2. The largest absolute Gasteiger partial charge is 0.456 e. The Morgan fingerprint density at radius 2 is 1.00 bits per heavy atom. The molecule has 13 nitrogen and oxygen atoms in total. The monoisotopic (exact) mass is 582 g/mol. The van der Waals surface area contributed by atoms with Crippen LogP contribution in [0.1, 0.15) is 74.1 Å². The fraction of sp³-hybridized carbons (Fsp3) is 0.821. The highest BCUT2D eigenvalue weighted by molar-refractivity contribution is 5.94. The summed E-state index contributed by atoms with van der Waals surface area (Å²) in [7, 11) is 0. The molecule has 41 heavy (non-hydrogen) atoms. The second-order valence-corrected chi connectivity index (χ2v) is 13.6. The lowest BCUT2D eigenvalue weighted by atomic mass is 9.66. The van der Waals surface area contributed by atoms with Gasteiger partial charge in [0, 0.05) is 17.8 Å². The molecule has 0 unspecified atom stereocenters. The van der Waals surface area contributed by atoms with Gasteiger partial charge in [0.25, 0.3) is 0 Å². The van der Waals surface area contributed by atoms with Gasteiger partial charge in [-0.05, 0) is 39.5 Å². The molecule has 0 aromatic carbocycles. The Morgan fingerprint density at radius 1 is 0.634 bits per heavy atom. The SMILES string of the molecule is CC(=O)O[C@@H]1[C@@H](O)[C@H](O)[C@@H](OC(=O)[C@@]23CC[C@@](C)(C(=O)O2)C3(C)C)[C@H](O)[C@@H]1OC(=O)[C@]12CC[C@](C)(C(=O)O1)C2(C)C. The molecule has 0 amide bonds. The molecule has 5 rings (SSSR count). The van der Waals surface area contributed by atoms with Gasteiger partial charge in [-0.15, -0.1) is 0 Å². The van der Waals surface area contributed by atoms with Gasteiger partial charge in [0.2, 0.25) is 11.2 Å². The van der Waals surface area contributed by atoms with Crippen LogP contribution in [0.4, 0.5) is 0 Å². The van der Waals surface area contributed by atoms with Gasteiger partial charge in [0.05, 0.1) is 10.8 Å². The average molecular weight is 583 g/mol. The molecule has 0 spiro atoms. The molecular formula is C28H38O13. The van der Waals surface area contributed by atoms with Gasteiger partial charge in [0.15, 0.2) is 18.3 Å². The highest BCUT2D eigenvalue weighted by Crippen LogP contribution is 2.67. The molecule has 13 heteroatoms. The number of aliphatic hydroxyl groups excluding tert-OH is 3. The van der Waals surface area contributed by atoms with Crippen LogP contribution in [0, 0.1) is 21.7 Å². The van der Waals surface area contributed by atoms with Crippen LogP contribution in [0.15, 0.2) is 0 Å². The van der Waals surface area contributed by atoms with Crippen LogP contribution < -0.4 is 0 Å². The fourth-order valence-corrected chi connectivity index (χ4v) is 7.61. The molecule has 0 aromatic rings. The van der Waals surface area contributed by atoms with Gasteiger partial charge in [-0.2, -0.15) is 0 Å². The normalized spacial score (nSPS) is 47.0. The number of carbonyl (C=O) groups is 5. The van der Waals surface area contributed by atoms with E-state index in [-0.39, 0.29) is 12.8 Å². The molecule has 0 aromatic heterocycles. The first-order valence-electron chi connectivity index (χ1n) is 13.8. The third-order valence-electron chi connectivity index (χ3n) is 11.6. The standard InChI is InChI=1S/C28H38O13/c1-12(29)37-17-14(31)13(30)16(38-21(35)27-10-8-25(6,19(33)40-27)23(27,2)3)15(32)18(17)39-22(36)28-11-9-26(7,20(34)41-28)24(28,4)5/h13-18,30-32H,8-11H2,1-7H3/t13-,14-,15-,16+,17+,18-,25-,26+,27+,28-/m0/s1. The van der Waals surface area contributed by atoms with Gasteiger partial charge in [0.1, 0.15) is 18.3 Å². The van der Waals surface area contributed by atoms with E-state index in [1.807, 2.05) is 0 Å². The maximum Gasteiger partial charge on any atom is 0.351 e. The van der Waals surface area contributed by atoms with Crippen LogP contribution in [0.25, 0.3) is 0 Å². The first kappa shape index (κ1) is 29.7. The number of esters is 5. The summed E-state index contributed by atoms with van der Waals surface area (Å²) in [6.07, 6.45) is -10.4. The Balaban J connectivity index is 1.45. The minimum Gasteiger partial charge on any atom is -0.456 e. The van der Waals surface area contributed by atoms with Gasteiger partial charge >= 0.3 is 29.8 Å². The zero-order valence-electron chi connectivity index (χ0n) is 24.2. The van der Waals surface area contributed by atoms with E-state index >= 15 is 0 Å². The molecule has 228 valence electrons. The number of hydrogen-bond acceptors (Lipinski definition) is 13. The Kier molecular flexibility index (Phi) is 6.26. The lowest BCUT2D eigenvalue weighted by Gasteiger charge is -2.46. The smallest absolute Gasteiger partial charge is 0.351 e. The average Bonchev–Trinajstić information content (AvgIpc) is 3.35. The van der Waals surface area contributed by atoms with Crippen molar-refractivity contribution in [2.24, 2.45) is 21.7 Å². The molecule has 3 saturated carbocycles. The van der Waals surface area contributed by atoms with Gasteiger partial charge in [-0.25, -0.2) is 9.59 Å². The van der Waals surface area contributed by atoms with Gasteiger partial charge in [-0.3, -0.25) is 14.4 Å². The van der Waals surface area contributed by atoms with Crippen molar-refractivity contribution in [1.82, 2.24) is 0 Å². The van der Waals surface area contributed by atoms with Crippen LogP contribution in [0.3, 0.4) is 0 Å².